The van der Waals surface area contributed by atoms with Crippen LogP contribution in [0.1, 0.15) is 33.2 Å². The van der Waals surface area contributed by atoms with Gasteiger partial charge in [0.2, 0.25) is 0 Å². The van der Waals surface area contributed by atoms with Gasteiger partial charge in [0, 0.05) is 42.8 Å². The largest absolute Gasteiger partial charge is 0.508 e. The van der Waals surface area contributed by atoms with Crippen molar-refractivity contribution in [3.63, 3.8) is 0 Å². The number of aromatic hydroxyl groups is 1. The van der Waals surface area contributed by atoms with Crippen LogP contribution in [0.5, 0.6) is 11.5 Å². The summed E-state index contributed by atoms with van der Waals surface area (Å²) >= 11 is 11.9. The number of rotatable bonds is 6. The second-order valence-corrected chi connectivity index (χ2v) is 10.8. The highest BCUT2D eigenvalue weighted by molar-refractivity contribution is 7.71. The normalized spacial score (nSPS) is 17.1. The Kier molecular flexibility index (Phi) is 7.27. The van der Waals surface area contributed by atoms with Crippen LogP contribution in [0.3, 0.4) is 0 Å². The Labute approximate surface area is 236 Å². The number of aromatic nitrogens is 1. The topological polar surface area (TPSA) is 76.0 Å². The molecule has 200 valence electrons. The second kappa shape index (κ2) is 11.0. The zero-order valence-electron chi connectivity index (χ0n) is 21.2. The summed E-state index contributed by atoms with van der Waals surface area (Å²) in [7, 11) is 0. The number of phenolic OH excluding ortho intramolecular Hbond substituents is 1. The Morgan fingerprint density at radius 2 is 1.79 bits per heavy atom. The van der Waals surface area contributed by atoms with Gasteiger partial charge in [0.15, 0.2) is 0 Å². The van der Waals surface area contributed by atoms with Crippen molar-refractivity contribution in [1.82, 2.24) is 14.8 Å². The number of carbonyl (C=O) groups is 1. The van der Waals surface area contributed by atoms with Crippen LogP contribution in [0.15, 0.2) is 66.9 Å². The van der Waals surface area contributed by atoms with Crippen LogP contribution in [0.2, 0.25) is 5.02 Å². The van der Waals surface area contributed by atoms with Crippen molar-refractivity contribution < 1.29 is 19.4 Å². The van der Waals surface area contributed by atoms with E-state index in [-0.39, 0.29) is 17.8 Å². The number of halogens is 1. The Bertz CT molecular complexity index is 1580. The van der Waals surface area contributed by atoms with Crippen molar-refractivity contribution in [2.24, 2.45) is 0 Å². The molecule has 4 aromatic rings. The minimum Gasteiger partial charge on any atom is -0.508 e. The van der Waals surface area contributed by atoms with E-state index in [0.29, 0.717) is 41.4 Å². The first-order chi connectivity index (χ1) is 18.9. The minimum atomic E-state index is -0.286. The van der Waals surface area contributed by atoms with Crippen molar-refractivity contribution in [2.45, 2.75) is 25.7 Å². The number of phenols is 1. The maximum Gasteiger partial charge on any atom is 0.254 e. The van der Waals surface area contributed by atoms with Gasteiger partial charge in [-0.05, 0) is 53.1 Å². The zero-order valence-corrected chi connectivity index (χ0v) is 22.8. The summed E-state index contributed by atoms with van der Waals surface area (Å²) in [6, 6.07) is 18.6. The molecule has 2 N–H and O–H groups in total. The molecular weight excluding hydrogens is 534 g/mol. The molecule has 2 aliphatic heterocycles. The Morgan fingerprint density at radius 1 is 1.05 bits per heavy atom. The number of amides is 1. The molecule has 1 unspecified atom stereocenters. The van der Waals surface area contributed by atoms with E-state index < -0.39 is 0 Å². The first-order valence-corrected chi connectivity index (χ1v) is 13.7. The van der Waals surface area contributed by atoms with Crippen LogP contribution in [0.25, 0.3) is 10.9 Å². The first-order valence-electron chi connectivity index (χ1n) is 12.9. The number of hydrogen-bond donors (Lipinski definition) is 2. The molecule has 0 saturated carbocycles. The van der Waals surface area contributed by atoms with Gasteiger partial charge in [-0.3, -0.25) is 9.69 Å². The molecule has 39 heavy (non-hydrogen) atoms. The van der Waals surface area contributed by atoms with Gasteiger partial charge in [-0.25, -0.2) is 0 Å². The molecule has 0 spiro atoms. The molecule has 6 rings (SSSR count). The molecule has 3 heterocycles. The minimum absolute atomic E-state index is 0.202. The number of pyridine rings is 1. The number of hydrogen-bond acceptors (Lipinski definition) is 6. The summed E-state index contributed by atoms with van der Waals surface area (Å²) in [6.07, 6.45) is 1.55. The van der Waals surface area contributed by atoms with Gasteiger partial charge in [0.05, 0.1) is 35.3 Å². The maximum absolute atomic E-state index is 13.4. The predicted octanol–water partition coefficient (Wildman–Crippen LogP) is 5.63. The molecular formula is C30H28ClN3O4S. The quantitative estimate of drug-likeness (QED) is 0.297. The number of morpholine rings is 1. The van der Waals surface area contributed by atoms with Crippen molar-refractivity contribution >= 4 is 40.6 Å². The summed E-state index contributed by atoms with van der Waals surface area (Å²) in [6.45, 7) is 4.75. The number of benzene rings is 3. The average molecular weight is 562 g/mol. The summed E-state index contributed by atoms with van der Waals surface area (Å²) in [5.74, 6) is 0.709. The third kappa shape index (κ3) is 5.51. The summed E-state index contributed by atoms with van der Waals surface area (Å²) in [5.41, 5.74) is 4.29. The fraction of sp³-hybridized carbons (Fsp3) is 0.267. The van der Waals surface area contributed by atoms with Gasteiger partial charge in [0.25, 0.3) is 5.91 Å². The van der Waals surface area contributed by atoms with Crippen molar-refractivity contribution in [3.05, 3.63) is 98.6 Å². The zero-order chi connectivity index (χ0) is 26.9. The van der Waals surface area contributed by atoms with E-state index in [0.717, 1.165) is 53.0 Å². The molecule has 1 aromatic heterocycles. The molecule has 1 fully saturated rings. The molecule has 1 saturated heterocycles. The first kappa shape index (κ1) is 25.8. The Balaban J connectivity index is 1.38. The molecule has 2 aliphatic rings. The number of ether oxygens (including phenoxy) is 2. The highest BCUT2D eigenvalue weighted by atomic mass is 35.5. The predicted molar refractivity (Wildman–Crippen MR) is 153 cm³/mol. The molecule has 0 radical (unpaired) electrons. The molecule has 7 nitrogen and oxygen atoms in total. The van der Waals surface area contributed by atoms with Gasteiger partial charge >= 0.3 is 0 Å². The van der Waals surface area contributed by atoms with Crippen molar-refractivity contribution in [3.8, 4) is 11.5 Å². The van der Waals surface area contributed by atoms with Gasteiger partial charge in [0.1, 0.15) is 17.6 Å². The molecule has 3 aromatic carbocycles. The molecule has 9 heteroatoms. The molecule has 0 bridgehead atoms. The van der Waals surface area contributed by atoms with Crippen LogP contribution in [-0.4, -0.2) is 46.8 Å². The van der Waals surface area contributed by atoms with Crippen LogP contribution >= 0.6 is 23.8 Å². The smallest absolute Gasteiger partial charge is 0.254 e. The fourth-order valence-corrected chi connectivity index (χ4v) is 5.60. The van der Waals surface area contributed by atoms with Crippen LogP contribution in [0.4, 0.5) is 0 Å². The molecule has 1 amide bonds. The standard InChI is InChI=1S/C30H28ClN3O4S/c31-22-5-1-19(2-6-22)15-32-30(36)25-17-34-18-27(21-3-7-23(35)8-4-21)38-26-14-20(13-24(28(26)34)29(25)39)16-33-9-11-37-12-10-33/h1-8,13-14,17,27,35H,9-12,15-16,18H2,(H,32,36). The summed E-state index contributed by atoms with van der Waals surface area (Å²) < 4.78 is 14.6. The van der Waals surface area contributed by atoms with E-state index >= 15 is 0 Å². The van der Waals surface area contributed by atoms with Gasteiger partial charge in [-0.2, -0.15) is 0 Å². The van der Waals surface area contributed by atoms with E-state index in [1.54, 1.807) is 24.3 Å². The lowest BCUT2D eigenvalue weighted by Crippen LogP contribution is -2.35. The molecule has 0 aliphatic carbocycles. The van der Waals surface area contributed by atoms with E-state index in [1.165, 1.54) is 0 Å². The van der Waals surface area contributed by atoms with E-state index in [2.05, 4.69) is 26.9 Å². The van der Waals surface area contributed by atoms with Crippen LogP contribution in [0, 0.1) is 4.51 Å². The maximum atomic E-state index is 13.4. The van der Waals surface area contributed by atoms with E-state index in [1.807, 2.05) is 30.5 Å². The number of carbonyl (C=O) groups excluding carboxylic acids is 1. The highest BCUT2D eigenvalue weighted by Gasteiger charge is 2.26. The van der Waals surface area contributed by atoms with Gasteiger partial charge in [-0.15, -0.1) is 0 Å². The SMILES string of the molecule is O=C(NCc1ccc(Cl)cc1)c1cn2c3c(cc(CN4CCOCC4)cc3c1=S)OC(c1ccc(O)cc1)C2. The van der Waals surface area contributed by atoms with E-state index in [4.69, 9.17) is 33.3 Å². The summed E-state index contributed by atoms with van der Waals surface area (Å²) in [5, 5.41) is 14.3. The van der Waals surface area contributed by atoms with Gasteiger partial charge < -0.3 is 24.5 Å². The van der Waals surface area contributed by atoms with Crippen LogP contribution < -0.4 is 10.1 Å². The second-order valence-electron chi connectivity index (χ2n) is 9.91. The third-order valence-corrected chi connectivity index (χ3v) is 7.91. The van der Waals surface area contributed by atoms with Crippen molar-refractivity contribution in [2.75, 3.05) is 26.3 Å². The van der Waals surface area contributed by atoms with Crippen LogP contribution in [-0.2, 0) is 24.4 Å². The lowest BCUT2D eigenvalue weighted by molar-refractivity contribution is 0.0341. The lowest BCUT2D eigenvalue weighted by Gasteiger charge is -2.31. The number of nitrogens with one attached hydrogen (secondary N) is 1. The van der Waals surface area contributed by atoms with Crippen molar-refractivity contribution in [1.29, 1.82) is 0 Å². The Morgan fingerprint density at radius 3 is 2.54 bits per heavy atom. The monoisotopic (exact) mass is 561 g/mol. The number of nitrogens with zero attached hydrogens (tertiary/aromatic N) is 2. The summed E-state index contributed by atoms with van der Waals surface area (Å²) in [4.78, 5) is 15.8. The Hall–Kier alpha value is -3.43. The lowest BCUT2D eigenvalue weighted by atomic mass is 10.0. The fourth-order valence-electron chi connectivity index (χ4n) is 5.17. The van der Waals surface area contributed by atoms with Gasteiger partial charge in [-0.1, -0.05) is 48.1 Å². The highest BCUT2D eigenvalue weighted by Crippen LogP contribution is 2.38. The van der Waals surface area contributed by atoms with E-state index in [9.17, 15) is 9.90 Å². The average Bonchev–Trinajstić information content (AvgIpc) is 2.95. The molecule has 1 atom stereocenters. The third-order valence-electron chi connectivity index (χ3n) is 7.21.